The zero-order chi connectivity index (χ0) is 17.7. The predicted octanol–water partition coefficient (Wildman–Crippen LogP) is 1.64. The van der Waals surface area contributed by atoms with Gasteiger partial charge in [-0.15, -0.1) is 0 Å². The van der Waals surface area contributed by atoms with Crippen molar-refractivity contribution in [3.8, 4) is 0 Å². The second kappa shape index (κ2) is 7.95. The van der Waals surface area contributed by atoms with Gasteiger partial charge in [0.1, 0.15) is 0 Å². The normalized spacial score (nSPS) is 15.3. The number of carboxylic acid groups (broad SMARTS) is 1. The lowest BCUT2D eigenvalue weighted by atomic mass is 10.1. The molecule has 2 amide bonds. The van der Waals surface area contributed by atoms with Crippen molar-refractivity contribution in [2.45, 2.75) is 26.7 Å². The van der Waals surface area contributed by atoms with Crippen LogP contribution in [0.3, 0.4) is 0 Å². The summed E-state index contributed by atoms with van der Waals surface area (Å²) in [6.45, 7) is 6.22. The van der Waals surface area contributed by atoms with E-state index in [0.29, 0.717) is 26.2 Å². The summed E-state index contributed by atoms with van der Waals surface area (Å²) in [7, 11) is 0. The number of nitrogens with zero attached hydrogens (tertiary/aromatic N) is 2. The molecule has 0 aliphatic carbocycles. The molecule has 130 valence electrons. The highest BCUT2D eigenvalue weighted by molar-refractivity contribution is 5.87. The molecule has 6 heteroatoms. The molecular weight excluding hydrogens is 308 g/mol. The summed E-state index contributed by atoms with van der Waals surface area (Å²) in [5.41, 5.74) is 1.01. The van der Waals surface area contributed by atoms with Crippen LogP contribution in [0.4, 0.5) is 0 Å². The summed E-state index contributed by atoms with van der Waals surface area (Å²) in [4.78, 5) is 39.0. The molecule has 0 radical (unpaired) electrons. The van der Waals surface area contributed by atoms with E-state index in [1.54, 1.807) is 17.0 Å². The largest absolute Gasteiger partial charge is 0.478 e. The second-order valence-electron chi connectivity index (χ2n) is 6.39. The quantitative estimate of drug-likeness (QED) is 0.909. The number of benzene rings is 1. The van der Waals surface area contributed by atoms with Crippen LogP contribution in [-0.4, -0.2) is 58.9 Å². The summed E-state index contributed by atoms with van der Waals surface area (Å²) >= 11 is 0. The molecule has 24 heavy (non-hydrogen) atoms. The Morgan fingerprint density at radius 2 is 1.58 bits per heavy atom. The van der Waals surface area contributed by atoms with Crippen LogP contribution in [0.5, 0.6) is 0 Å². The summed E-state index contributed by atoms with van der Waals surface area (Å²) in [6, 6.07) is 6.37. The Morgan fingerprint density at radius 1 is 1.00 bits per heavy atom. The predicted molar refractivity (Wildman–Crippen MR) is 89.7 cm³/mol. The molecule has 1 heterocycles. The van der Waals surface area contributed by atoms with Crippen molar-refractivity contribution in [2.75, 3.05) is 26.2 Å². The zero-order valence-electron chi connectivity index (χ0n) is 14.2. The van der Waals surface area contributed by atoms with Crippen molar-refractivity contribution >= 4 is 17.8 Å². The number of hydrogen-bond acceptors (Lipinski definition) is 3. The summed E-state index contributed by atoms with van der Waals surface area (Å²) < 4.78 is 0. The Hall–Kier alpha value is -2.37. The zero-order valence-corrected chi connectivity index (χ0v) is 14.2. The molecule has 1 aromatic carbocycles. The molecule has 1 aromatic rings. The highest BCUT2D eigenvalue weighted by Crippen LogP contribution is 2.11. The van der Waals surface area contributed by atoms with Crippen molar-refractivity contribution in [3.63, 3.8) is 0 Å². The number of hydrogen-bond donors (Lipinski definition) is 1. The molecule has 1 fully saturated rings. The van der Waals surface area contributed by atoms with Crippen molar-refractivity contribution < 1.29 is 19.5 Å². The Bertz CT molecular complexity index is 610. The number of rotatable bonds is 4. The van der Waals surface area contributed by atoms with Gasteiger partial charge in [-0.2, -0.15) is 0 Å². The molecule has 6 nitrogen and oxygen atoms in total. The second-order valence-corrected chi connectivity index (χ2v) is 6.39. The average Bonchev–Trinajstić information content (AvgIpc) is 2.80. The standard InChI is InChI=1S/C18H24N2O4/c1-13(2)17(22)20-9-3-8-19(10-11-20)16(21)12-14-4-6-15(7-5-14)18(23)24/h4-7,13H,3,8-12H2,1-2H3,(H,23,24). The fourth-order valence-electron chi connectivity index (χ4n) is 2.80. The van der Waals surface area contributed by atoms with Crippen LogP contribution in [0.15, 0.2) is 24.3 Å². The maximum atomic E-state index is 12.5. The van der Waals surface area contributed by atoms with Crippen molar-refractivity contribution in [1.29, 1.82) is 0 Å². The third-order valence-electron chi connectivity index (χ3n) is 4.21. The lowest BCUT2D eigenvalue weighted by Gasteiger charge is -2.23. The Labute approximate surface area is 142 Å². The maximum absolute atomic E-state index is 12.5. The average molecular weight is 332 g/mol. The third-order valence-corrected chi connectivity index (χ3v) is 4.21. The molecule has 1 saturated heterocycles. The van der Waals surface area contributed by atoms with Crippen LogP contribution in [0.25, 0.3) is 0 Å². The first-order chi connectivity index (χ1) is 11.4. The SMILES string of the molecule is CC(C)C(=O)N1CCCN(C(=O)Cc2ccc(C(=O)O)cc2)CC1. The number of carboxylic acids is 1. The Kier molecular flexibility index (Phi) is 5.95. The molecule has 2 rings (SSSR count). The Balaban J connectivity index is 1.93. The van der Waals surface area contributed by atoms with Crippen LogP contribution in [-0.2, 0) is 16.0 Å². The first-order valence-electron chi connectivity index (χ1n) is 8.27. The molecule has 1 N–H and O–H groups in total. The minimum Gasteiger partial charge on any atom is -0.478 e. The van der Waals surface area contributed by atoms with E-state index in [9.17, 15) is 14.4 Å². The molecule has 0 spiro atoms. The molecule has 0 atom stereocenters. The van der Waals surface area contributed by atoms with Gasteiger partial charge in [-0.05, 0) is 24.1 Å². The van der Waals surface area contributed by atoms with Crippen LogP contribution in [0.1, 0.15) is 36.2 Å². The van der Waals surface area contributed by atoms with Gasteiger partial charge in [-0.1, -0.05) is 26.0 Å². The van der Waals surface area contributed by atoms with Crippen LogP contribution >= 0.6 is 0 Å². The number of carbonyl (C=O) groups is 3. The Morgan fingerprint density at radius 3 is 2.17 bits per heavy atom. The lowest BCUT2D eigenvalue weighted by molar-refractivity contribution is -0.135. The van der Waals surface area contributed by atoms with E-state index in [-0.39, 0.29) is 29.7 Å². The molecule has 0 bridgehead atoms. The number of aromatic carboxylic acids is 1. The molecule has 0 unspecified atom stereocenters. The fourth-order valence-corrected chi connectivity index (χ4v) is 2.80. The lowest BCUT2D eigenvalue weighted by Crippen LogP contribution is -2.39. The molecule has 1 aliphatic heterocycles. The van der Waals surface area contributed by atoms with E-state index >= 15 is 0 Å². The van der Waals surface area contributed by atoms with E-state index in [1.165, 1.54) is 12.1 Å². The van der Waals surface area contributed by atoms with Gasteiger partial charge in [-0.25, -0.2) is 4.79 Å². The minimum atomic E-state index is -0.977. The van der Waals surface area contributed by atoms with Gasteiger partial charge < -0.3 is 14.9 Å². The first kappa shape index (κ1) is 18.0. The van der Waals surface area contributed by atoms with E-state index in [0.717, 1.165) is 12.0 Å². The third kappa shape index (κ3) is 4.57. The summed E-state index contributed by atoms with van der Waals surface area (Å²) in [5, 5.41) is 8.89. The van der Waals surface area contributed by atoms with Gasteiger partial charge in [0, 0.05) is 32.1 Å². The summed E-state index contributed by atoms with van der Waals surface area (Å²) in [6.07, 6.45) is 1.03. The minimum absolute atomic E-state index is 0.0110. The smallest absolute Gasteiger partial charge is 0.335 e. The topological polar surface area (TPSA) is 77.9 Å². The van der Waals surface area contributed by atoms with E-state index in [4.69, 9.17) is 5.11 Å². The van der Waals surface area contributed by atoms with Gasteiger partial charge in [0.15, 0.2) is 0 Å². The molecule has 0 aromatic heterocycles. The van der Waals surface area contributed by atoms with Crippen molar-refractivity contribution in [3.05, 3.63) is 35.4 Å². The van der Waals surface area contributed by atoms with Gasteiger partial charge in [0.05, 0.1) is 12.0 Å². The van der Waals surface area contributed by atoms with E-state index in [1.807, 2.05) is 18.7 Å². The fraction of sp³-hybridized carbons (Fsp3) is 0.500. The van der Waals surface area contributed by atoms with Crippen LogP contribution in [0.2, 0.25) is 0 Å². The monoisotopic (exact) mass is 332 g/mol. The van der Waals surface area contributed by atoms with Crippen molar-refractivity contribution in [2.24, 2.45) is 5.92 Å². The van der Waals surface area contributed by atoms with Gasteiger partial charge in [-0.3, -0.25) is 9.59 Å². The van der Waals surface area contributed by atoms with Gasteiger partial charge >= 0.3 is 5.97 Å². The maximum Gasteiger partial charge on any atom is 0.335 e. The van der Waals surface area contributed by atoms with E-state index < -0.39 is 5.97 Å². The molecule has 1 aliphatic rings. The first-order valence-corrected chi connectivity index (χ1v) is 8.27. The molecule has 0 saturated carbocycles. The number of carbonyl (C=O) groups excluding carboxylic acids is 2. The van der Waals surface area contributed by atoms with Gasteiger partial charge in [0.25, 0.3) is 0 Å². The number of amides is 2. The summed E-state index contributed by atoms with van der Waals surface area (Å²) in [5.74, 6) is -0.860. The van der Waals surface area contributed by atoms with E-state index in [2.05, 4.69) is 0 Å². The van der Waals surface area contributed by atoms with Gasteiger partial charge in [0.2, 0.25) is 11.8 Å². The highest BCUT2D eigenvalue weighted by atomic mass is 16.4. The van der Waals surface area contributed by atoms with Crippen LogP contribution < -0.4 is 0 Å². The molecular formula is C18H24N2O4. The van der Waals surface area contributed by atoms with Crippen molar-refractivity contribution in [1.82, 2.24) is 9.80 Å². The van der Waals surface area contributed by atoms with Crippen LogP contribution in [0, 0.1) is 5.92 Å². The highest BCUT2D eigenvalue weighted by Gasteiger charge is 2.23.